The fourth-order valence-corrected chi connectivity index (χ4v) is 4.08. The van der Waals surface area contributed by atoms with E-state index >= 15 is 0 Å². The number of allylic oxidation sites excluding steroid dienone is 1. The Bertz CT molecular complexity index is 759. The van der Waals surface area contributed by atoms with E-state index in [2.05, 4.69) is 30.9 Å². The molecule has 0 aliphatic carbocycles. The van der Waals surface area contributed by atoms with Gasteiger partial charge in [0.2, 0.25) is 0 Å². The third-order valence-electron chi connectivity index (χ3n) is 4.19. The van der Waals surface area contributed by atoms with Crippen molar-refractivity contribution in [3.63, 3.8) is 0 Å². The Morgan fingerprint density at radius 2 is 2.00 bits per heavy atom. The molecule has 4 heteroatoms. The molecule has 1 atom stereocenters. The van der Waals surface area contributed by atoms with E-state index in [1.165, 1.54) is 16.7 Å². The van der Waals surface area contributed by atoms with Crippen molar-refractivity contribution in [3.8, 4) is 5.75 Å². The topological polar surface area (TPSA) is 12.5 Å². The van der Waals surface area contributed by atoms with Gasteiger partial charge in [0.05, 0.1) is 12.1 Å². The lowest BCUT2D eigenvalue weighted by Gasteiger charge is -2.35. The molecule has 0 spiro atoms. The molecule has 0 bridgehead atoms. The fraction of sp³-hybridized carbons (Fsp3) is 0.300. The normalized spacial score (nSPS) is 16.6. The highest BCUT2D eigenvalue weighted by Crippen LogP contribution is 2.45. The number of hydrogen-bond donors (Lipinski definition) is 0. The number of halogens is 1. The highest BCUT2D eigenvalue weighted by molar-refractivity contribution is 8.03. The highest BCUT2D eigenvalue weighted by atomic mass is 32.2. The summed E-state index contributed by atoms with van der Waals surface area (Å²) >= 11 is 1.82. The summed E-state index contributed by atoms with van der Waals surface area (Å²) in [6, 6.07) is 13.0. The van der Waals surface area contributed by atoms with Gasteiger partial charge in [0, 0.05) is 23.7 Å². The molecule has 1 aliphatic heterocycles. The monoisotopic (exact) mass is 343 g/mol. The summed E-state index contributed by atoms with van der Waals surface area (Å²) in [5.74, 6) is 1.99. The van der Waals surface area contributed by atoms with Crippen molar-refractivity contribution in [2.45, 2.75) is 26.3 Å². The lowest BCUT2D eigenvalue weighted by molar-refractivity contribution is 0.408. The number of hydrogen-bond acceptors (Lipinski definition) is 3. The van der Waals surface area contributed by atoms with E-state index in [1.807, 2.05) is 30.0 Å². The van der Waals surface area contributed by atoms with Gasteiger partial charge in [0.1, 0.15) is 11.6 Å². The maximum Gasteiger partial charge on any atom is 0.124 e. The van der Waals surface area contributed by atoms with E-state index in [0.717, 1.165) is 22.8 Å². The quantitative estimate of drug-likeness (QED) is 0.706. The van der Waals surface area contributed by atoms with E-state index in [0.29, 0.717) is 6.54 Å². The third kappa shape index (κ3) is 3.29. The van der Waals surface area contributed by atoms with Crippen molar-refractivity contribution in [2.75, 3.05) is 17.8 Å². The van der Waals surface area contributed by atoms with Gasteiger partial charge in [0.15, 0.2) is 0 Å². The van der Waals surface area contributed by atoms with Crippen LogP contribution in [0, 0.1) is 5.82 Å². The lowest BCUT2D eigenvalue weighted by atomic mass is 9.94. The predicted octanol–water partition coefficient (Wildman–Crippen LogP) is 5.55. The Morgan fingerprint density at radius 3 is 2.71 bits per heavy atom. The van der Waals surface area contributed by atoms with Crippen LogP contribution < -0.4 is 9.64 Å². The smallest absolute Gasteiger partial charge is 0.124 e. The summed E-state index contributed by atoms with van der Waals surface area (Å²) in [5.41, 5.74) is 3.29. The maximum absolute atomic E-state index is 13.6. The van der Waals surface area contributed by atoms with Crippen LogP contribution >= 0.6 is 11.8 Å². The van der Waals surface area contributed by atoms with Crippen molar-refractivity contribution in [1.29, 1.82) is 0 Å². The van der Waals surface area contributed by atoms with Crippen molar-refractivity contribution in [3.05, 3.63) is 70.5 Å². The average Bonchev–Trinajstić information content (AvgIpc) is 2.58. The van der Waals surface area contributed by atoms with Crippen LogP contribution in [0.25, 0.3) is 0 Å². The molecule has 1 unspecified atom stereocenters. The first-order valence-electron chi connectivity index (χ1n) is 8.17. The summed E-state index contributed by atoms with van der Waals surface area (Å²) in [4.78, 5) is 2.26. The fourth-order valence-electron chi connectivity index (χ4n) is 3.16. The van der Waals surface area contributed by atoms with E-state index < -0.39 is 0 Å². The molecular formula is C20H22FNOS. The molecule has 0 saturated carbocycles. The molecule has 0 saturated heterocycles. The number of nitrogens with zero attached hydrogens (tertiary/aromatic N) is 1. The van der Waals surface area contributed by atoms with Crippen LogP contribution in [0.4, 0.5) is 10.1 Å². The molecule has 2 aromatic rings. The SMILES string of the molecule is CCSC1=CC(C)c2c(OC)cccc2N1Cc1cccc(F)c1. The first-order chi connectivity index (χ1) is 11.6. The van der Waals surface area contributed by atoms with Gasteiger partial charge in [-0.15, -0.1) is 11.8 Å². The second-order valence-corrected chi connectivity index (χ2v) is 7.12. The molecule has 2 aromatic carbocycles. The Hall–Kier alpha value is -1.94. The molecule has 0 N–H and O–H groups in total. The summed E-state index contributed by atoms with van der Waals surface area (Å²) in [6.07, 6.45) is 2.28. The highest BCUT2D eigenvalue weighted by Gasteiger charge is 2.27. The van der Waals surface area contributed by atoms with E-state index in [4.69, 9.17) is 4.74 Å². The molecule has 3 rings (SSSR count). The minimum Gasteiger partial charge on any atom is -0.496 e. The van der Waals surface area contributed by atoms with E-state index in [1.54, 1.807) is 19.2 Å². The van der Waals surface area contributed by atoms with Crippen LogP contribution in [0.1, 0.15) is 30.9 Å². The van der Waals surface area contributed by atoms with Crippen LogP contribution in [-0.4, -0.2) is 12.9 Å². The number of benzene rings is 2. The molecule has 1 aliphatic rings. The van der Waals surface area contributed by atoms with Gasteiger partial charge in [-0.25, -0.2) is 4.39 Å². The summed E-state index contributed by atoms with van der Waals surface area (Å²) in [7, 11) is 1.71. The Labute approximate surface area is 147 Å². The van der Waals surface area contributed by atoms with Gasteiger partial charge in [-0.1, -0.05) is 32.0 Å². The van der Waals surface area contributed by atoms with Crippen LogP contribution in [-0.2, 0) is 6.54 Å². The summed E-state index contributed by atoms with van der Waals surface area (Å²) in [6.45, 7) is 4.98. The molecule has 0 aromatic heterocycles. The minimum atomic E-state index is -0.197. The average molecular weight is 343 g/mol. The first kappa shape index (κ1) is 16.9. The van der Waals surface area contributed by atoms with E-state index in [-0.39, 0.29) is 11.7 Å². The van der Waals surface area contributed by atoms with Crippen LogP contribution in [0.3, 0.4) is 0 Å². The summed E-state index contributed by atoms with van der Waals surface area (Å²) < 4.78 is 19.2. The van der Waals surface area contributed by atoms with E-state index in [9.17, 15) is 4.39 Å². The first-order valence-corrected chi connectivity index (χ1v) is 9.16. The molecule has 126 valence electrons. The molecule has 0 amide bonds. The number of anilines is 1. The zero-order valence-corrected chi connectivity index (χ0v) is 15.1. The van der Waals surface area contributed by atoms with Crippen LogP contribution in [0.15, 0.2) is 53.6 Å². The number of rotatable bonds is 5. The van der Waals surface area contributed by atoms with Gasteiger partial charge >= 0.3 is 0 Å². The second-order valence-electron chi connectivity index (χ2n) is 5.84. The summed E-state index contributed by atoms with van der Waals surface area (Å²) in [5, 5.41) is 1.22. The second kappa shape index (κ2) is 7.31. The Morgan fingerprint density at radius 1 is 1.21 bits per heavy atom. The van der Waals surface area contributed by atoms with Gasteiger partial charge < -0.3 is 9.64 Å². The number of methoxy groups -OCH3 is 1. The molecule has 24 heavy (non-hydrogen) atoms. The molecule has 0 fully saturated rings. The number of ether oxygens (including phenoxy) is 1. The third-order valence-corrected chi connectivity index (χ3v) is 5.13. The predicted molar refractivity (Wildman–Crippen MR) is 100 cm³/mol. The van der Waals surface area contributed by atoms with Gasteiger partial charge in [0.25, 0.3) is 0 Å². The van der Waals surface area contributed by atoms with Crippen molar-refractivity contribution in [2.24, 2.45) is 0 Å². The van der Waals surface area contributed by atoms with Crippen molar-refractivity contribution < 1.29 is 9.13 Å². The van der Waals surface area contributed by atoms with Crippen molar-refractivity contribution in [1.82, 2.24) is 0 Å². The van der Waals surface area contributed by atoms with Gasteiger partial charge in [-0.2, -0.15) is 0 Å². The largest absolute Gasteiger partial charge is 0.496 e. The number of thioether (sulfide) groups is 1. The zero-order valence-electron chi connectivity index (χ0n) is 14.3. The molecule has 0 radical (unpaired) electrons. The van der Waals surface area contributed by atoms with Gasteiger partial charge in [-0.3, -0.25) is 0 Å². The minimum absolute atomic E-state index is 0.197. The standard InChI is InChI=1S/C20H22FNOS/c1-4-24-19-11-14(2)20-17(9-6-10-18(20)23-3)22(19)13-15-7-5-8-16(21)12-15/h5-12,14H,4,13H2,1-3H3. The Balaban J connectivity index is 2.05. The van der Waals surface area contributed by atoms with Crippen LogP contribution in [0.5, 0.6) is 5.75 Å². The molecule has 1 heterocycles. The maximum atomic E-state index is 13.6. The number of fused-ring (bicyclic) bond motifs is 1. The van der Waals surface area contributed by atoms with Crippen molar-refractivity contribution >= 4 is 17.4 Å². The molecular weight excluding hydrogens is 321 g/mol. The van der Waals surface area contributed by atoms with Gasteiger partial charge in [-0.05, 0) is 41.7 Å². The zero-order chi connectivity index (χ0) is 17.1. The molecule has 2 nitrogen and oxygen atoms in total. The lowest BCUT2D eigenvalue weighted by Crippen LogP contribution is -2.26. The van der Waals surface area contributed by atoms with Crippen LogP contribution in [0.2, 0.25) is 0 Å². The Kier molecular flexibility index (Phi) is 5.14.